The van der Waals surface area contributed by atoms with Gasteiger partial charge in [-0.15, -0.1) is 0 Å². The molecule has 0 aliphatic carbocycles. The molecule has 34 heavy (non-hydrogen) atoms. The zero-order chi connectivity index (χ0) is 26.1. The van der Waals surface area contributed by atoms with Gasteiger partial charge in [0.15, 0.2) is 0 Å². The molecule has 3 N–H and O–H groups in total. The first-order chi connectivity index (χ1) is 15.9. The molecule has 0 bridgehead atoms. The van der Waals surface area contributed by atoms with Crippen molar-refractivity contribution in [1.29, 1.82) is 0 Å². The molecular weight excluding hydrogens is 440 g/mol. The number of hydrogen-bond acceptors (Lipinski definition) is 8. The van der Waals surface area contributed by atoms with Crippen molar-refractivity contribution in [3.05, 3.63) is 47.7 Å². The number of methoxy groups -OCH3 is 2. The maximum Gasteiger partial charge on any atom is 0.514 e. The smallest absolute Gasteiger partial charge is 0.500 e. The lowest BCUT2D eigenvalue weighted by Gasteiger charge is -2.21. The number of rotatable bonds is 10. The minimum absolute atomic E-state index is 0.115. The van der Waals surface area contributed by atoms with Gasteiger partial charge in [-0.2, -0.15) is 0 Å². The van der Waals surface area contributed by atoms with Gasteiger partial charge < -0.3 is 30.0 Å². The number of benzene rings is 1. The molecule has 9 heteroatoms. The number of allylic oxidation sites excluding steroid dienone is 3. The SMILES string of the molecule is C=C/C(=C(\CC)OC)c1cc(C[C@H](NC(=O)[C@H](C)N)C(=O)OC)ccc1OC(=O)OC(C)(C)C. The van der Waals surface area contributed by atoms with Crippen molar-refractivity contribution in [1.82, 2.24) is 5.32 Å². The number of carbonyl (C=O) groups excluding carboxylic acids is 3. The van der Waals surface area contributed by atoms with E-state index in [0.717, 1.165) is 0 Å². The van der Waals surface area contributed by atoms with Gasteiger partial charge in [-0.3, -0.25) is 4.79 Å². The molecule has 1 aromatic rings. The van der Waals surface area contributed by atoms with Gasteiger partial charge in [0.25, 0.3) is 0 Å². The van der Waals surface area contributed by atoms with E-state index in [0.29, 0.717) is 28.9 Å². The molecule has 0 aliphatic heterocycles. The molecular formula is C25H36N2O7. The van der Waals surface area contributed by atoms with Crippen molar-refractivity contribution < 1.29 is 33.3 Å². The monoisotopic (exact) mass is 476 g/mol. The minimum atomic E-state index is -0.960. The van der Waals surface area contributed by atoms with E-state index >= 15 is 0 Å². The van der Waals surface area contributed by atoms with E-state index in [9.17, 15) is 14.4 Å². The maximum absolute atomic E-state index is 12.3. The number of carbonyl (C=O) groups is 3. The predicted octanol–water partition coefficient (Wildman–Crippen LogP) is 3.50. The van der Waals surface area contributed by atoms with Crippen LogP contribution in [0.3, 0.4) is 0 Å². The zero-order valence-corrected chi connectivity index (χ0v) is 21.0. The fourth-order valence-electron chi connectivity index (χ4n) is 3.06. The van der Waals surface area contributed by atoms with Gasteiger partial charge in [0.2, 0.25) is 5.91 Å². The van der Waals surface area contributed by atoms with E-state index in [-0.39, 0.29) is 12.2 Å². The summed E-state index contributed by atoms with van der Waals surface area (Å²) in [6.45, 7) is 12.5. The van der Waals surface area contributed by atoms with E-state index in [1.807, 2.05) is 6.92 Å². The molecule has 1 rings (SSSR count). The molecule has 1 amide bonds. The lowest BCUT2D eigenvalue weighted by Crippen LogP contribution is -2.48. The largest absolute Gasteiger partial charge is 0.514 e. The second-order valence-corrected chi connectivity index (χ2v) is 8.57. The second kappa shape index (κ2) is 12.8. The Morgan fingerprint density at radius 3 is 2.29 bits per heavy atom. The molecule has 0 spiro atoms. The van der Waals surface area contributed by atoms with Gasteiger partial charge in [0.05, 0.1) is 20.3 Å². The summed E-state index contributed by atoms with van der Waals surface area (Å²) in [7, 11) is 2.78. The van der Waals surface area contributed by atoms with Gasteiger partial charge in [0.1, 0.15) is 23.2 Å². The summed E-state index contributed by atoms with van der Waals surface area (Å²) in [5.41, 5.74) is 6.67. The molecule has 0 saturated carbocycles. The van der Waals surface area contributed by atoms with E-state index < -0.39 is 35.7 Å². The summed E-state index contributed by atoms with van der Waals surface area (Å²) in [6.07, 6.45) is 1.41. The zero-order valence-electron chi connectivity index (χ0n) is 21.0. The molecule has 2 atom stereocenters. The summed E-state index contributed by atoms with van der Waals surface area (Å²) >= 11 is 0. The van der Waals surface area contributed by atoms with E-state index in [1.54, 1.807) is 45.0 Å². The van der Waals surface area contributed by atoms with E-state index in [2.05, 4.69) is 11.9 Å². The lowest BCUT2D eigenvalue weighted by molar-refractivity contribution is -0.145. The number of hydrogen-bond donors (Lipinski definition) is 2. The summed E-state index contributed by atoms with van der Waals surface area (Å²) in [5, 5.41) is 2.60. The van der Waals surface area contributed by atoms with Crippen molar-refractivity contribution in [2.75, 3.05) is 14.2 Å². The number of nitrogens with one attached hydrogen (secondary N) is 1. The van der Waals surface area contributed by atoms with Crippen molar-refractivity contribution in [2.45, 2.75) is 65.1 Å². The van der Waals surface area contributed by atoms with E-state index in [4.69, 9.17) is 24.7 Å². The molecule has 1 aromatic carbocycles. The molecule has 0 heterocycles. The highest BCUT2D eigenvalue weighted by molar-refractivity contribution is 5.87. The first kappa shape index (κ1) is 28.7. The van der Waals surface area contributed by atoms with Crippen molar-refractivity contribution >= 4 is 23.6 Å². The third kappa shape index (κ3) is 8.55. The standard InChI is InChI=1S/C25H36N2O7/c1-9-17(20(10-2)31-7)18-13-16(11-12-21(18)33-24(30)34-25(4,5)6)14-19(23(29)32-8)27-22(28)15(3)26/h9,11-13,15,19H,1,10,14,26H2,2-8H3,(H,27,28)/b20-17-/t15-,19-/m0/s1. The average molecular weight is 477 g/mol. The molecule has 0 radical (unpaired) electrons. The quantitative estimate of drug-likeness (QED) is 0.227. The van der Waals surface area contributed by atoms with Crippen LogP contribution in [0.15, 0.2) is 36.6 Å². The normalized spacial score (nSPS) is 13.6. The van der Waals surface area contributed by atoms with Gasteiger partial charge >= 0.3 is 12.1 Å². The molecule has 0 aromatic heterocycles. The Hall–Kier alpha value is -3.33. The predicted molar refractivity (Wildman–Crippen MR) is 129 cm³/mol. The maximum atomic E-state index is 12.3. The Labute approximate surface area is 201 Å². The number of nitrogens with two attached hydrogens (primary N) is 1. The number of ether oxygens (including phenoxy) is 4. The molecule has 188 valence electrons. The van der Waals surface area contributed by atoms with Gasteiger partial charge in [-0.25, -0.2) is 9.59 Å². The van der Waals surface area contributed by atoms with Gasteiger partial charge in [-0.05, 0) is 45.4 Å². The Bertz CT molecular complexity index is 924. The summed E-state index contributed by atoms with van der Waals surface area (Å²) in [6, 6.07) is 3.24. The van der Waals surface area contributed by atoms with Crippen LogP contribution in [0.5, 0.6) is 5.75 Å². The highest BCUT2D eigenvalue weighted by Gasteiger charge is 2.25. The Morgan fingerprint density at radius 1 is 1.18 bits per heavy atom. The first-order valence-corrected chi connectivity index (χ1v) is 10.9. The fourth-order valence-corrected chi connectivity index (χ4v) is 3.06. The Morgan fingerprint density at radius 2 is 1.82 bits per heavy atom. The molecule has 9 nitrogen and oxygen atoms in total. The van der Waals surface area contributed by atoms with E-state index in [1.165, 1.54) is 21.1 Å². The highest BCUT2D eigenvalue weighted by atomic mass is 16.7. The van der Waals surface area contributed by atoms with Gasteiger partial charge in [0, 0.05) is 24.0 Å². The second-order valence-electron chi connectivity index (χ2n) is 8.57. The van der Waals surface area contributed by atoms with Crippen LogP contribution in [0.2, 0.25) is 0 Å². The van der Waals surface area contributed by atoms with Gasteiger partial charge in [-0.1, -0.05) is 25.6 Å². The van der Waals surface area contributed by atoms with Crippen LogP contribution in [-0.4, -0.2) is 49.9 Å². The van der Waals surface area contributed by atoms with Crippen molar-refractivity contribution in [2.24, 2.45) is 5.73 Å². The summed E-state index contributed by atoms with van der Waals surface area (Å²) in [4.78, 5) is 36.7. The van der Waals surface area contributed by atoms with Crippen LogP contribution in [0, 0.1) is 0 Å². The van der Waals surface area contributed by atoms with Crippen LogP contribution in [0.25, 0.3) is 5.57 Å². The first-order valence-electron chi connectivity index (χ1n) is 10.9. The lowest BCUT2D eigenvalue weighted by atomic mass is 9.96. The molecule has 0 unspecified atom stereocenters. The van der Waals surface area contributed by atoms with Crippen molar-refractivity contribution in [3.8, 4) is 5.75 Å². The molecule has 0 fully saturated rings. The number of esters is 1. The third-order valence-corrected chi connectivity index (χ3v) is 4.64. The van der Waals surface area contributed by atoms with Crippen LogP contribution >= 0.6 is 0 Å². The van der Waals surface area contributed by atoms with Crippen LogP contribution in [0.1, 0.15) is 52.2 Å². The highest BCUT2D eigenvalue weighted by Crippen LogP contribution is 2.32. The summed E-state index contributed by atoms with van der Waals surface area (Å²) < 4.78 is 21.1. The van der Waals surface area contributed by atoms with Crippen molar-refractivity contribution in [3.63, 3.8) is 0 Å². The topological polar surface area (TPSA) is 126 Å². The fraction of sp³-hybridized carbons (Fsp3) is 0.480. The minimum Gasteiger partial charge on any atom is -0.500 e. The number of amides is 1. The Kier molecular flexibility index (Phi) is 10.8. The summed E-state index contributed by atoms with van der Waals surface area (Å²) in [5.74, 6) is -0.254. The molecule has 0 aliphatic rings. The average Bonchev–Trinajstić information content (AvgIpc) is 2.75. The molecule has 0 saturated heterocycles. The van der Waals surface area contributed by atoms with Crippen LogP contribution in [-0.2, 0) is 30.2 Å². The Balaban J connectivity index is 3.49. The van der Waals surface area contributed by atoms with Crippen LogP contribution < -0.4 is 15.8 Å². The third-order valence-electron chi connectivity index (χ3n) is 4.64. The van der Waals surface area contributed by atoms with Crippen LogP contribution in [0.4, 0.5) is 4.79 Å².